The molecule has 0 radical (unpaired) electrons. The summed E-state index contributed by atoms with van der Waals surface area (Å²) in [5, 5.41) is 0. The molecule has 0 amide bonds. The van der Waals surface area contributed by atoms with E-state index in [2.05, 4.69) is 6.07 Å². The van der Waals surface area contributed by atoms with Crippen LogP contribution in [0, 0.1) is 6.07 Å². The van der Waals surface area contributed by atoms with Crippen molar-refractivity contribution in [3.63, 3.8) is 0 Å². The summed E-state index contributed by atoms with van der Waals surface area (Å²) < 4.78 is 4.83. The molecule has 0 saturated heterocycles. The van der Waals surface area contributed by atoms with E-state index in [0.717, 1.165) is 13.2 Å². The maximum Gasteiger partial charge on any atom is 2.00 e. The molecule has 78 valence electrons. The number of halogens is 2. The van der Waals surface area contributed by atoms with Crippen LogP contribution in [-0.2, 0) is 4.74 Å². The average Bonchev–Trinajstić information content (AvgIpc) is 2.10. The summed E-state index contributed by atoms with van der Waals surface area (Å²) in [5.74, 6) is 0. The average molecular weight is 292 g/mol. The first-order valence-electron chi connectivity index (χ1n) is 3.90. The van der Waals surface area contributed by atoms with Gasteiger partial charge in [-0.2, -0.15) is 36.4 Å². The molecule has 0 bridgehead atoms. The molecular weight excluding hydrogens is 276 g/mol. The molecule has 0 spiro atoms. The SMILES string of the molecule is Br.CCOCC.[Cl-].[Mg+2].[c-]1ccccc1. The minimum atomic E-state index is 0. The van der Waals surface area contributed by atoms with E-state index in [1.807, 2.05) is 44.2 Å². The van der Waals surface area contributed by atoms with Crippen molar-refractivity contribution in [2.45, 2.75) is 13.8 Å². The first kappa shape index (κ1) is 24.1. The van der Waals surface area contributed by atoms with Crippen LogP contribution < -0.4 is 12.4 Å². The van der Waals surface area contributed by atoms with Gasteiger partial charge in [0.2, 0.25) is 0 Å². The molecule has 0 unspecified atom stereocenters. The van der Waals surface area contributed by atoms with Crippen LogP contribution in [0.5, 0.6) is 0 Å². The molecule has 1 aromatic rings. The van der Waals surface area contributed by atoms with E-state index in [0.29, 0.717) is 0 Å². The normalized spacial score (nSPS) is 6.43. The van der Waals surface area contributed by atoms with Crippen molar-refractivity contribution < 1.29 is 17.1 Å². The van der Waals surface area contributed by atoms with E-state index >= 15 is 0 Å². The Labute approximate surface area is 120 Å². The zero-order chi connectivity index (χ0) is 8.36. The summed E-state index contributed by atoms with van der Waals surface area (Å²) in [7, 11) is 0. The Bertz CT molecular complexity index is 123. The van der Waals surface area contributed by atoms with E-state index in [9.17, 15) is 0 Å². The number of benzene rings is 1. The van der Waals surface area contributed by atoms with Crippen molar-refractivity contribution >= 4 is 40.0 Å². The molecule has 0 saturated carbocycles. The van der Waals surface area contributed by atoms with Crippen molar-refractivity contribution in [2.24, 2.45) is 0 Å². The largest absolute Gasteiger partial charge is 2.00 e. The number of rotatable bonds is 2. The Morgan fingerprint density at radius 1 is 1.00 bits per heavy atom. The third-order valence-electron chi connectivity index (χ3n) is 1.02. The Kier molecular flexibility index (Phi) is 40.5. The fourth-order valence-corrected chi connectivity index (χ4v) is 0.546. The molecule has 4 heteroatoms. The molecule has 0 aliphatic heterocycles. The molecule has 0 aliphatic carbocycles. The summed E-state index contributed by atoms with van der Waals surface area (Å²) in [6.45, 7) is 5.67. The van der Waals surface area contributed by atoms with Gasteiger partial charge in [-0.1, -0.05) is 0 Å². The fraction of sp³-hybridized carbons (Fsp3) is 0.400. The summed E-state index contributed by atoms with van der Waals surface area (Å²) in [5.41, 5.74) is 0. The molecule has 1 nitrogen and oxygen atoms in total. The fourth-order valence-electron chi connectivity index (χ4n) is 0.546. The van der Waals surface area contributed by atoms with Crippen LogP contribution in [0.15, 0.2) is 30.3 Å². The van der Waals surface area contributed by atoms with Gasteiger partial charge >= 0.3 is 23.1 Å². The van der Waals surface area contributed by atoms with Crippen LogP contribution in [0.4, 0.5) is 0 Å². The van der Waals surface area contributed by atoms with Crippen LogP contribution >= 0.6 is 17.0 Å². The van der Waals surface area contributed by atoms with E-state index in [1.54, 1.807) is 0 Å². The number of hydrogen-bond acceptors (Lipinski definition) is 1. The summed E-state index contributed by atoms with van der Waals surface area (Å²) in [6.07, 6.45) is 0. The topological polar surface area (TPSA) is 9.23 Å². The molecule has 0 aromatic heterocycles. The Balaban J connectivity index is -0.0000000597. The van der Waals surface area contributed by atoms with Crippen LogP contribution in [0.25, 0.3) is 0 Å². The van der Waals surface area contributed by atoms with Gasteiger partial charge in [-0.25, -0.2) is 0 Å². The standard InChI is InChI=1S/C6H5.C4H10O.BrH.ClH.Mg/c1-2-4-6-5-3-1;1-3-5-4-2;;;/h1-5H;3-4H2,1-2H3;2*1H;/q-1;;;;+2/p-1. The van der Waals surface area contributed by atoms with Gasteiger partial charge < -0.3 is 17.1 Å². The summed E-state index contributed by atoms with van der Waals surface area (Å²) >= 11 is 0. The van der Waals surface area contributed by atoms with Crippen LogP contribution in [0.1, 0.15) is 13.8 Å². The Hall–Kier alpha value is 0.716. The van der Waals surface area contributed by atoms with E-state index in [1.165, 1.54) is 0 Å². The molecule has 0 N–H and O–H groups in total. The zero-order valence-electron chi connectivity index (χ0n) is 8.70. The minimum absolute atomic E-state index is 0. The quantitative estimate of drug-likeness (QED) is 0.539. The zero-order valence-corrected chi connectivity index (χ0v) is 12.6. The second kappa shape index (κ2) is 23.5. The molecule has 0 atom stereocenters. The second-order valence-electron chi connectivity index (χ2n) is 1.86. The maximum absolute atomic E-state index is 4.83. The minimum Gasteiger partial charge on any atom is -1.00 e. The van der Waals surface area contributed by atoms with Crippen molar-refractivity contribution in [2.75, 3.05) is 13.2 Å². The smallest absolute Gasteiger partial charge is 1.00 e. The molecule has 0 fully saturated rings. The van der Waals surface area contributed by atoms with Gasteiger partial charge in [0.1, 0.15) is 0 Å². The van der Waals surface area contributed by atoms with Gasteiger partial charge in [0.15, 0.2) is 0 Å². The molecular formula is C10H16BrClMgO. The first-order chi connectivity index (χ1) is 5.41. The summed E-state index contributed by atoms with van der Waals surface area (Å²) in [6, 6.07) is 12.5. The van der Waals surface area contributed by atoms with Crippen molar-refractivity contribution in [1.82, 2.24) is 0 Å². The van der Waals surface area contributed by atoms with Gasteiger partial charge in [0, 0.05) is 13.2 Å². The molecule has 14 heavy (non-hydrogen) atoms. The van der Waals surface area contributed by atoms with Crippen molar-refractivity contribution in [3.05, 3.63) is 36.4 Å². The van der Waals surface area contributed by atoms with Gasteiger partial charge in [-0.15, -0.1) is 17.0 Å². The summed E-state index contributed by atoms with van der Waals surface area (Å²) in [4.78, 5) is 0. The maximum atomic E-state index is 4.83. The van der Waals surface area contributed by atoms with E-state index in [-0.39, 0.29) is 52.4 Å². The molecule has 0 aliphatic rings. The number of hydrogen-bond donors (Lipinski definition) is 0. The second-order valence-corrected chi connectivity index (χ2v) is 1.86. The first-order valence-corrected chi connectivity index (χ1v) is 3.90. The van der Waals surface area contributed by atoms with Crippen molar-refractivity contribution in [3.8, 4) is 0 Å². The van der Waals surface area contributed by atoms with E-state index in [4.69, 9.17) is 4.74 Å². The molecule has 1 aromatic carbocycles. The predicted molar refractivity (Wildman–Crippen MR) is 63.5 cm³/mol. The third-order valence-corrected chi connectivity index (χ3v) is 1.02. The predicted octanol–water partition coefficient (Wildman–Crippen LogP) is -0.269. The van der Waals surface area contributed by atoms with Crippen LogP contribution in [-0.4, -0.2) is 36.3 Å². The van der Waals surface area contributed by atoms with Gasteiger partial charge in [-0.3, -0.25) is 0 Å². The third kappa shape index (κ3) is 23.0. The molecule has 0 heterocycles. The molecule has 1 rings (SSSR count). The van der Waals surface area contributed by atoms with Crippen LogP contribution in [0.2, 0.25) is 0 Å². The number of ether oxygens (including phenoxy) is 1. The van der Waals surface area contributed by atoms with Gasteiger partial charge in [-0.05, 0) is 13.8 Å². The Morgan fingerprint density at radius 2 is 1.43 bits per heavy atom. The van der Waals surface area contributed by atoms with Crippen molar-refractivity contribution in [1.29, 1.82) is 0 Å². The van der Waals surface area contributed by atoms with Gasteiger partial charge in [0.05, 0.1) is 0 Å². The monoisotopic (exact) mass is 290 g/mol. The Morgan fingerprint density at radius 3 is 1.50 bits per heavy atom. The van der Waals surface area contributed by atoms with Crippen LogP contribution in [0.3, 0.4) is 0 Å². The van der Waals surface area contributed by atoms with Gasteiger partial charge in [0.25, 0.3) is 0 Å². The van der Waals surface area contributed by atoms with E-state index < -0.39 is 0 Å².